The summed E-state index contributed by atoms with van der Waals surface area (Å²) >= 11 is 3.19. The fourth-order valence-electron chi connectivity index (χ4n) is 2.09. The molecule has 0 saturated carbocycles. The molecule has 0 radical (unpaired) electrons. The van der Waals surface area contributed by atoms with Crippen molar-refractivity contribution in [3.63, 3.8) is 0 Å². The molecule has 4 nitrogen and oxygen atoms in total. The minimum Gasteiger partial charge on any atom is -0.444 e. The Kier molecular flexibility index (Phi) is 4.23. The Bertz CT molecular complexity index is 384. The maximum Gasteiger partial charge on any atom is 0.287 e. The number of likely N-dealkylation sites (tertiary alicyclic amines) is 1. The molecule has 1 aromatic rings. The van der Waals surface area contributed by atoms with Gasteiger partial charge in [0.2, 0.25) is 0 Å². The summed E-state index contributed by atoms with van der Waals surface area (Å²) < 4.78 is 5.81. The molecular formula is C12H17BrN2O2. The van der Waals surface area contributed by atoms with E-state index in [1.165, 1.54) is 0 Å². The van der Waals surface area contributed by atoms with E-state index in [1.807, 2.05) is 0 Å². The van der Waals surface area contributed by atoms with Gasteiger partial charge in [0.25, 0.3) is 5.91 Å². The second kappa shape index (κ2) is 5.69. The molecule has 0 bridgehead atoms. The number of hydrogen-bond donors (Lipinski definition) is 1. The van der Waals surface area contributed by atoms with Crippen LogP contribution < -0.4 is 5.32 Å². The first kappa shape index (κ1) is 12.6. The first-order valence-electron chi connectivity index (χ1n) is 5.97. The Balaban J connectivity index is 1.84. The van der Waals surface area contributed by atoms with E-state index in [2.05, 4.69) is 33.1 Å². The predicted molar refractivity (Wildman–Crippen MR) is 69.0 cm³/mol. The van der Waals surface area contributed by atoms with E-state index in [0.717, 1.165) is 32.5 Å². The molecule has 1 N–H and O–H groups in total. The van der Waals surface area contributed by atoms with Gasteiger partial charge in [0.15, 0.2) is 10.4 Å². The first-order chi connectivity index (χ1) is 8.19. The molecule has 0 unspecified atom stereocenters. The average molecular weight is 301 g/mol. The minimum absolute atomic E-state index is 0.120. The van der Waals surface area contributed by atoms with E-state index in [1.54, 1.807) is 12.1 Å². The molecule has 17 heavy (non-hydrogen) atoms. The SMILES string of the molecule is CCN1CCC(NC(=O)c2ccc(Br)o2)CC1. The minimum atomic E-state index is -0.120. The molecule has 1 saturated heterocycles. The van der Waals surface area contributed by atoms with Gasteiger partial charge in [0.1, 0.15) is 0 Å². The lowest BCUT2D eigenvalue weighted by molar-refractivity contribution is 0.0883. The standard InChI is InChI=1S/C12H17BrN2O2/c1-2-15-7-5-9(6-8-15)14-12(16)10-3-4-11(13)17-10/h3-4,9H,2,5-8H2,1H3,(H,14,16). The Labute approximate surface area is 109 Å². The van der Waals surface area contributed by atoms with Gasteiger partial charge in [-0.15, -0.1) is 0 Å². The molecule has 1 aliphatic rings. The van der Waals surface area contributed by atoms with Crippen molar-refractivity contribution in [1.82, 2.24) is 10.2 Å². The van der Waals surface area contributed by atoms with Crippen LogP contribution in [0.25, 0.3) is 0 Å². The molecule has 2 heterocycles. The summed E-state index contributed by atoms with van der Waals surface area (Å²) in [4.78, 5) is 14.2. The van der Waals surface area contributed by atoms with E-state index in [4.69, 9.17) is 4.42 Å². The van der Waals surface area contributed by atoms with Gasteiger partial charge in [-0.25, -0.2) is 0 Å². The molecule has 1 fully saturated rings. The van der Waals surface area contributed by atoms with Gasteiger partial charge >= 0.3 is 0 Å². The molecule has 1 amide bonds. The van der Waals surface area contributed by atoms with Crippen LogP contribution in [0.3, 0.4) is 0 Å². The normalized spacial score (nSPS) is 18.2. The highest BCUT2D eigenvalue weighted by Crippen LogP contribution is 2.15. The zero-order valence-electron chi connectivity index (χ0n) is 9.91. The van der Waals surface area contributed by atoms with E-state index in [9.17, 15) is 4.79 Å². The number of carbonyl (C=O) groups excluding carboxylic acids is 1. The van der Waals surface area contributed by atoms with E-state index in [-0.39, 0.29) is 11.9 Å². The molecule has 1 aromatic heterocycles. The van der Waals surface area contributed by atoms with Gasteiger partial charge in [-0.3, -0.25) is 4.79 Å². The highest BCUT2D eigenvalue weighted by atomic mass is 79.9. The highest BCUT2D eigenvalue weighted by Gasteiger charge is 2.21. The molecule has 2 rings (SSSR count). The third kappa shape index (κ3) is 3.33. The van der Waals surface area contributed by atoms with Gasteiger partial charge < -0.3 is 14.6 Å². The molecule has 0 atom stereocenters. The Morgan fingerprint density at radius 3 is 2.76 bits per heavy atom. The Morgan fingerprint density at radius 2 is 2.24 bits per heavy atom. The third-order valence-corrected chi connectivity index (χ3v) is 3.59. The van der Waals surface area contributed by atoms with Gasteiger partial charge in [0.05, 0.1) is 0 Å². The number of furan rings is 1. The molecule has 0 aromatic carbocycles. The van der Waals surface area contributed by atoms with Gasteiger partial charge in [-0.1, -0.05) is 6.92 Å². The van der Waals surface area contributed by atoms with Crippen LogP contribution >= 0.6 is 15.9 Å². The van der Waals surface area contributed by atoms with Crippen molar-refractivity contribution >= 4 is 21.8 Å². The summed E-state index contributed by atoms with van der Waals surface area (Å²) in [6, 6.07) is 3.68. The monoisotopic (exact) mass is 300 g/mol. The topological polar surface area (TPSA) is 45.5 Å². The van der Waals surface area contributed by atoms with Crippen LogP contribution in [0.5, 0.6) is 0 Å². The summed E-state index contributed by atoms with van der Waals surface area (Å²) in [5.74, 6) is 0.250. The fraction of sp³-hybridized carbons (Fsp3) is 0.583. The van der Waals surface area contributed by atoms with Crippen LogP contribution in [-0.4, -0.2) is 36.5 Å². The van der Waals surface area contributed by atoms with E-state index in [0.29, 0.717) is 10.4 Å². The molecule has 0 aliphatic carbocycles. The largest absolute Gasteiger partial charge is 0.444 e. The zero-order chi connectivity index (χ0) is 12.3. The van der Waals surface area contributed by atoms with Crippen molar-refractivity contribution in [2.24, 2.45) is 0 Å². The molecule has 0 spiro atoms. The maximum absolute atomic E-state index is 11.8. The quantitative estimate of drug-likeness (QED) is 0.931. The van der Waals surface area contributed by atoms with Gasteiger partial charge in [-0.05, 0) is 47.4 Å². The van der Waals surface area contributed by atoms with E-state index < -0.39 is 0 Å². The van der Waals surface area contributed by atoms with Crippen LogP contribution in [0.2, 0.25) is 0 Å². The van der Waals surface area contributed by atoms with Crippen LogP contribution in [0.1, 0.15) is 30.3 Å². The Morgan fingerprint density at radius 1 is 1.53 bits per heavy atom. The number of rotatable bonds is 3. The summed E-state index contributed by atoms with van der Waals surface area (Å²) in [5, 5.41) is 3.01. The van der Waals surface area contributed by atoms with E-state index >= 15 is 0 Å². The molecular weight excluding hydrogens is 284 g/mol. The van der Waals surface area contributed by atoms with Crippen molar-refractivity contribution in [2.75, 3.05) is 19.6 Å². The van der Waals surface area contributed by atoms with Gasteiger partial charge in [0, 0.05) is 19.1 Å². The van der Waals surface area contributed by atoms with Crippen molar-refractivity contribution in [3.8, 4) is 0 Å². The summed E-state index contributed by atoms with van der Waals surface area (Å²) in [6.07, 6.45) is 2.03. The summed E-state index contributed by atoms with van der Waals surface area (Å²) in [5.41, 5.74) is 0. The maximum atomic E-state index is 11.8. The number of halogens is 1. The highest BCUT2D eigenvalue weighted by molar-refractivity contribution is 9.10. The molecule has 1 aliphatic heterocycles. The fourth-order valence-corrected chi connectivity index (χ4v) is 2.39. The number of amides is 1. The second-order valence-electron chi connectivity index (χ2n) is 4.29. The average Bonchev–Trinajstić information content (AvgIpc) is 2.77. The lowest BCUT2D eigenvalue weighted by Crippen LogP contribution is -2.44. The first-order valence-corrected chi connectivity index (χ1v) is 6.77. The summed E-state index contributed by atoms with van der Waals surface area (Å²) in [6.45, 7) is 5.37. The number of hydrogen-bond acceptors (Lipinski definition) is 3. The van der Waals surface area contributed by atoms with Crippen molar-refractivity contribution in [2.45, 2.75) is 25.8 Å². The van der Waals surface area contributed by atoms with Crippen molar-refractivity contribution in [3.05, 3.63) is 22.6 Å². The zero-order valence-corrected chi connectivity index (χ0v) is 11.5. The van der Waals surface area contributed by atoms with Crippen molar-refractivity contribution < 1.29 is 9.21 Å². The third-order valence-electron chi connectivity index (χ3n) is 3.17. The number of nitrogens with zero attached hydrogens (tertiary/aromatic N) is 1. The van der Waals surface area contributed by atoms with Crippen LogP contribution in [-0.2, 0) is 0 Å². The number of carbonyl (C=O) groups is 1. The second-order valence-corrected chi connectivity index (χ2v) is 5.07. The lowest BCUT2D eigenvalue weighted by Gasteiger charge is -2.31. The van der Waals surface area contributed by atoms with Crippen LogP contribution in [0.4, 0.5) is 0 Å². The molecule has 5 heteroatoms. The van der Waals surface area contributed by atoms with Crippen LogP contribution in [0.15, 0.2) is 21.2 Å². The number of piperidine rings is 1. The van der Waals surface area contributed by atoms with Crippen molar-refractivity contribution in [1.29, 1.82) is 0 Å². The van der Waals surface area contributed by atoms with Crippen LogP contribution in [0, 0.1) is 0 Å². The predicted octanol–water partition coefficient (Wildman–Crippen LogP) is 2.26. The smallest absolute Gasteiger partial charge is 0.287 e. The lowest BCUT2D eigenvalue weighted by atomic mass is 10.1. The molecule has 94 valence electrons. The van der Waals surface area contributed by atoms with Gasteiger partial charge in [-0.2, -0.15) is 0 Å². The Hall–Kier alpha value is -0.810. The number of nitrogens with one attached hydrogen (secondary N) is 1. The summed E-state index contributed by atoms with van der Waals surface area (Å²) in [7, 11) is 0.